The number of carbonyl (C=O) groups excluding carboxylic acids is 1. The second-order valence-electron chi connectivity index (χ2n) is 2.45. The Hall–Kier alpha value is -0.590. The first-order valence-corrected chi connectivity index (χ1v) is 4.38. The molecule has 0 saturated carbocycles. The van der Waals surface area contributed by atoms with Crippen molar-refractivity contribution >= 4 is 32.2 Å². The lowest BCUT2D eigenvalue weighted by Gasteiger charge is -2.03. The standard InChI is InChI=1S/C8H9ClNOP/c1-5-2-3-6(4-7(5)9)10-8(11)12/h2-4H,12H2,1H3,(H,10,11). The number of hydrogen-bond donors (Lipinski definition) is 1. The molecule has 0 saturated heterocycles. The van der Waals surface area contributed by atoms with E-state index in [4.69, 9.17) is 11.6 Å². The second kappa shape index (κ2) is 3.88. The zero-order valence-corrected chi connectivity index (χ0v) is 8.51. The smallest absolute Gasteiger partial charge is 0.239 e. The van der Waals surface area contributed by atoms with E-state index in [1.54, 1.807) is 6.07 Å². The van der Waals surface area contributed by atoms with Gasteiger partial charge in [0.15, 0.2) is 0 Å². The van der Waals surface area contributed by atoms with Gasteiger partial charge in [-0.3, -0.25) is 4.79 Å². The summed E-state index contributed by atoms with van der Waals surface area (Å²) >= 11 is 5.84. The van der Waals surface area contributed by atoms with Gasteiger partial charge in [-0.2, -0.15) is 0 Å². The first kappa shape index (κ1) is 9.50. The predicted octanol–water partition coefficient (Wildman–Crippen LogP) is 3.06. The van der Waals surface area contributed by atoms with Crippen molar-refractivity contribution in [3.05, 3.63) is 28.8 Å². The normalized spacial score (nSPS) is 9.58. The summed E-state index contributed by atoms with van der Waals surface area (Å²) in [7, 11) is 2.04. The molecule has 0 spiro atoms. The van der Waals surface area contributed by atoms with Crippen LogP contribution in [0.5, 0.6) is 0 Å². The first-order valence-electron chi connectivity index (χ1n) is 3.42. The average molecular weight is 202 g/mol. The van der Waals surface area contributed by atoms with Gasteiger partial charge in [-0.15, -0.1) is 0 Å². The van der Waals surface area contributed by atoms with Gasteiger partial charge >= 0.3 is 0 Å². The number of anilines is 1. The van der Waals surface area contributed by atoms with Crippen LogP contribution < -0.4 is 5.32 Å². The third-order valence-corrected chi connectivity index (χ3v) is 1.99. The van der Waals surface area contributed by atoms with Crippen LogP contribution in [0.2, 0.25) is 5.02 Å². The van der Waals surface area contributed by atoms with Crippen molar-refractivity contribution in [2.45, 2.75) is 6.92 Å². The Morgan fingerprint density at radius 1 is 1.58 bits per heavy atom. The Kier molecular flexibility index (Phi) is 3.07. The van der Waals surface area contributed by atoms with E-state index in [1.165, 1.54) is 0 Å². The Bertz CT molecular complexity index is 314. The molecule has 1 atom stereocenters. The van der Waals surface area contributed by atoms with Crippen molar-refractivity contribution in [3.8, 4) is 0 Å². The maximum absolute atomic E-state index is 10.6. The van der Waals surface area contributed by atoms with E-state index in [9.17, 15) is 4.79 Å². The van der Waals surface area contributed by atoms with Gasteiger partial charge in [-0.1, -0.05) is 17.7 Å². The maximum atomic E-state index is 10.6. The van der Waals surface area contributed by atoms with E-state index in [1.807, 2.05) is 28.3 Å². The predicted molar refractivity (Wildman–Crippen MR) is 54.9 cm³/mol. The molecule has 0 heterocycles. The van der Waals surface area contributed by atoms with E-state index in [2.05, 4.69) is 5.32 Å². The third-order valence-electron chi connectivity index (χ3n) is 1.44. The third kappa shape index (κ3) is 2.47. The summed E-state index contributed by atoms with van der Waals surface area (Å²) in [5.74, 6) is 0. The van der Waals surface area contributed by atoms with Gasteiger partial charge in [-0.25, -0.2) is 0 Å². The van der Waals surface area contributed by atoms with Crippen LogP contribution in [-0.4, -0.2) is 5.65 Å². The summed E-state index contributed by atoms with van der Waals surface area (Å²) in [4.78, 5) is 10.6. The Morgan fingerprint density at radius 3 is 2.75 bits per heavy atom. The molecule has 0 bridgehead atoms. The van der Waals surface area contributed by atoms with Crippen LogP contribution in [0.4, 0.5) is 10.5 Å². The number of benzene rings is 1. The molecule has 4 heteroatoms. The molecule has 1 aromatic carbocycles. The Morgan fingerprint density at radius 2 is 2.25 bits per heavy atom. The largest absolute Gasteiger partial charge is 0.323 e. The SMILES string of the molecule is Cc1ccc(NC(=O)P)cc1Cl. The minimum Gasteiger partial charge on any atom is -0.323 e. The molecule has 0 radical (unpaired) electrons. The van der Waals surface area contributed by atoms with E-state index in [0.29, 0.717) is 10.7 Å². The zero-order valence-electron chi connectivity index (χ0n) is 6.60. The molecule has 0 aliphatic carbocycles. The van der Waals surface area contributed by atoms with Crippen LogP contribution in [0.3, 0.4) is 0 Å². The average Bonchev–Trinajstić information content (AvgIpc) is 1.96. The Balaban J connectivity index is 2.89. The van der Waals surface area contributed by atoms with Gasteiger partial charge < -0.3 is 5.32 Å². The molecular formula is C8H9ClNOP. The summed E-state index contributed by atoms with van der Waals surface area (Å²) in [5, 5.41) is 3.27. The number of carbonyl (C=O) groups is 1. The van der Waals surface area contributed by atoms with Crippen LogP contribution in [0.15, 0.2) is 18.2 Å². The zero-order chi connectivity index (χ0) is 9.14. The summed E-state index contributed by atoms with van der Waals surface area (Å²) < 4.78 is 0. The van der Waals surface area contributed by atoms with Gasteiger partial charge in [0, 0.05) is 10.7 Å². The Labute approximate surface area is 78.5 Å². The number of amides is 1. The molecular weight excluding hydrogens is 193 g/mol. The van der Waals surface area contributed by atoms with Crippen LogP contribution >= 0.6 is 20.8 Å². The fourth-order valence-electron chi connectivity index (χ4n) is 0.813. The minimum absolute atomic E-state index is 0.171. The minimum atomic E-state index is -0.171. The highest BCUT2D eigenvalue weighted by Gasteiger charge is 1.98. The highest BCUT2D eigenvalue weighted by Crippen LogP contribution is 2.20. The molecule has 12 heavy (non-hydrogen) atoms. The van der Waals surface area contributed by atoms with Gasteiger partial charge in [0.1, 0.15) is 0 Å². The van der Waals surface area contributed by atoms with E-state index < -0.39 is 0 Å². The summed E-state index contributed by atoms with van der Waals surface area (Å²) in [6.45, 7) is 1.91. The van der Waals surface area contributed by atoms with Crippen molar-refractivity contribution in [2.24, 2.45) is 0 Å². The quantitative estimate of drug-likeness (QED) is 0.696. The molecule has 0 aliphatic heterocycles. The molecule has 1 unspecified atom stereocenters. The fourth-order valence-corrected chi connectivity index (χ4v) is 1.16. The maximum Gasteiger partial charge on any atom is 0.239 e. The topological polar surface area (TPSA) is 29.1 Å². The highest BCUT2D eigenvalue weighted by atomic mass is 35.5. The molecule has 1 N–H and O–H groups in total. The van der Waals surface area contributed by atoms with Crippen LogP contribution in [-0.2, 0) is 0 Å². The first-order chi connectivity index (χ1) is 5.59. The molecule has 1 aromatic rings. The molecule has 2 nitrogen and oxygen atoms in total. The fraction of sp³-hybridized carbons (Fsp3) is 0.125. The van der Waals surface area contributed by atoms with E-state index in [-0.39, 0.29) is 5.65 Å². The van der Waals surface area contributed by atoms with Gasteiger partial charge in [0.05, 0.1) is 0 Å². The number of hydrogen-bond acceptors (Lipinski definition) is 1. The van der Waals surface area contributed by atoms with Crippen molar-refractivity contribution in [1.82, 2.24) is 0 Å². The molecule has 0 fully saturated rings. The molecule has 64 valence electrons. The second-order valence-corrected chi connectivity index (χ2v) is 3.38. The number of nitrogens with one attached hydrogen (secondary N) is 1. The van der Waals surface area contributed by atoms with Crippen molar-refractivity contribution < 1.29 is 4.79 Å². The lowest BCUT2D eigenvalue weighted by Crippen LogP contribution is -1.99. The number of halogens is 1. The summed E-state index contributed by atoms with van der Waals surface area (Å²) in [6.07, 6.45) is 0. The van der Waals surface area contributed by atoms with Crippen molar-refractivity contribution in [3.63, 3.8) is 0 Å². The molecule has 1 amide bonds. The monoisotopic (exact) mass is 201 g/mol. The number of aryl methyl sites for hydroxylation is 1. The highest BCUT2D eigenvalue weighted by molar-refractivity contribution is 7.40. The van der Waals surface area contributed by atoms with Gasteiger partial charge in [0.2, 0.25) is 5.65 Å². The van der Waals surface area contributed by atoms with Crippen LogP contribution in [0.25, 0.3) is 0 Å². The lowest BCUT2D eigenvalue weighted by molar-refractivity contribution is 0.269. The summed E-state index contributed by atoms with van der Waals surface area (Å²) in [6, 6.07) is 5.39. The number of rotatable bonds is 1. The van der Waals surface area contributed by atoms with Crippen molar-refractivity contribution in [1.29, 1.82) is 0 Å². The lowest BCUT2D eigenvalue weighted by atomic mass is 10.2. The van der Waals surface area contributed by atoms with E-state index in [0.717, 1.165) is 5.56 Å². The summed E-state index contributed by atoms with van der Waals surface area (Å²) in [5.41, 5.74) is 1.54. The molecule has 1 rings (SSSR count). The van der Waals surface area contributed by atoms with E-state index >= 15 is 0 Å². The molecule has 0 aliphatic rings. The van der Waals surface area contributed by atoms with Crippen LogP contribution in [0, 0.1) is 6.92 Å². The van der Waals surface area contributed by atoms with Gasteiger partial charge in [-0.05, 0) is 33.9 Å². The molecule has 0 aromatic heterocycles. The van der Waals surface area contributed by atoms with Crippen LogP contribution in [0.1, 0.15) is 5.56 Å². The van der Waals surface area contributed by atoms with Crippen molar-refractivity contribution in [2.75, 3.05) is 5.32 Å². The van der Waals surface area contributed by atoms with Gasteiger partial charge in [0.25, 0.3) is 0 Å².